The fraction of sp³-hybridized carbons (Fsp3) is 0.429. The molecule has 0 aromatic heterocycles. The van der Waals surface area contributed by atoms with Crippen LogP contribution in [0, 0.1) is 5.82 Å². The summed E-state index contributed by atoms with van der Waals surface area (Å²) in [5, 5.41) is 0. The average molecular weight is 295 g/mol. The van der Waals surface area contributed by atoms with Crippen molar-refractivity contribution in [3.05, 3.63) is 35.6 Å². The number of nitrogens with two attached hydrogens (primary N) is 1. The molecule has 0 aliphatic carbocycles. The lowest BCUT2D eigenvalue weighted by Crippen LogP contribution is -2.54. The van der Waals surface area contributed by atoms with Crippen molar-refractivity contribution in [3.8, 4) is 0 Å². The summed E-state index contributed by atoms with van der Waals surface area (Å²) in [7, 11) is 0. The molecule has 0 spiro atoms. The molecule has 108 valence electrons. The summed E-state index contributed by atoms with van der Waals surface area (Å²) in [5.74, 6) is -0.734. The molecule has 20 heavy (non-hydrogen) atoms. The number of thiocarbonyl (C=S) groups is 1. The van der Waals surface area contributed by atoms with E-state index in [-0.39, 0.29) is 17.5 Å². The molecule has 0 radical (unpaired) electrons. The van der Waals surface area contributed by atoms with Gasteiger partial charge in [0.25, 0.3) is 5.91 Å². The lowest BCUT2D eigenvalue weighted by molar-refractivity contribution is 0.0617. The summed E-state index contributed by atoms with van der Waals surface area (Å²) >= 11 is 4.98. The Kier molecular flexibility index (Phi) is 4.67. The van der Waals surface area contributed by atoms with Gasteiger partial charge >= 0.3 is 0 Å². The van der Waals surface area contributed by atoms with E-state index >= 15 is 0 Å². The van der Waals surface area contributed by atoms with Crippen molar-refractivity contribution >= 4 is 23.1 Å². The van der Waals surface area contributed by atoms with Crippen molar-refractivity contribution in [2.45, 2.75) is 13.0 Å². The third-order valence-corrected chi connectivity index (χ3v) is 4.01. The van der Waals surface area contributed by atoms with E-state index in [9.17, 15) is 9.18 Å². The zero-order valence-electron chi connectivity index (χ0n) is 11.4. The maximum atomic E-state index is 13.6. The van der Waals surface area contributed by atoms with Crippen LogP contribution in [0.15, 0.2) is 24.3 Å². The predicted octanol–water partition coefficient (Wildman–Crippen LogP) is 1.26. The summed E-state index contributed by atoms with van der Waals surface area (Å²) in [4.78, 5) is 16.5. The zero-order chi connectivity index (χ0) is 14.7. The Morgan fingerprint density at radius 1 is 1.30 bits per heavy atom. The van der Waals surface area contributed by atoms with E-state index in [1.807, 2.05) is 6.92 Å². The number of hydrogen-bond acceptors (Lipinski definition) is 3. The molecule has 1 amide bonds. The lowest BCUT2D eigenvalue weighted by Gasteiger charge is -2.37. The van der Waals surface area contributed by atoms with Crippen LogP contribution in [-0.2, 0) is 0 Å². The molecule has 1 unspecified atom stereocenters. The Bertz CT molecular complexity index is 515. The van der Waals surface area contributed by atoms with Gasteiger partial charge in [0, 0.05) is 26.2 Å². The van der Waals surface area contributed by atoms with Crippen molar-refractivity contribution in [3.63, 3.8) is 0 Å². The van der Waals surface area contributed by atoms with Crippen LogP contribution in [0.3, 0.4) is 0 Å². The van der Waals surface area contributed by atoms with Crippen LogP contribution in [0.25, 0.3) is 0 Å². The van der Waals surface area contributed by atoms with E-state index in [4.69, 9.17) is 18.0 Å². The standard InChI is InChI=1S/C14H18FN3OS/c1-10(13(16)20)17-6-8-18(9-7-17)14(19)11-4-2-3-5-12(11)15/h2-5,10H,6-9H2,1H3,(H2,16,20). The number of benzene rings is 1. The van der Waals surface area contributed by atoms with Crippen molar-refractivity contribution in [1.82, 2.24) is 9.80 Å². The minimum Gasteiger partial charge on any atom is -0.392 e. The van der Waals surface area contributed by atoms with Crippen LogP contribution < -0.4 is 5.73 Å². The molecule has 1 saturated heterocycles. The smallest absolute Gasteiger partial charge is 0.256 e. The molecular formula is C14H18FN3OS. The number of carbonyl (C=O) groups is 1. The number of amides is 1. The van der Waals surface area contributed by atoms with Gasteiger partial charge in [-0.3, -0.25) is 9.69 Å². The van der Waals surface area contributed by atoms with E-state index in [1.54, 1.807) is 17.0 Å². The first-order chi connectivity index (χ1) is 9.50. The van der Waals surface area contributed by atoms with Crippen LogP contribution in [0.2, 0.25) is 0 Å². The predicted molar refractivity (Wildman–Crippen MR) is 80.1 cm³/mol. The van der Waals surface area contributed by atoms with E-state index in [2.05, 4.69) is 4.90 Å². The molecule has 1 aliphatic rings. The number of piperazine rings is 1. The Labute approximate surface area is 123 Å². The first kappa shape index (κ1) is 14.9. The van der Waals surface area contributed by atoms with Crippen LogP contribution in [0.5, 0.6) is 0 Å². The lowest BCUT2D eigenvalue weighted by atomic mass is 10.1. The zero-order valence-corrected chi connectivity index (χ0v) is 12.2. The SMILES string of the molecule is CC(C(N)=S)N1CCN(C(=O)c2ccccc2F)CC1. The molecule has 1 aliphatic heterocycles. The van der Waals surface area contributed by atoms with Crippen LogP contribution in [-0.4, -0.2) is 52.9 Å². The van der Waals surface area contributed by atoms with Gasteiger partial charge in [0.15, 0.2) is 0 Å². The highest BCUT2D eigenvalue weighted by Crippen LogP contribution is 2.13. The molecule has 0 saturated carbocycles. The Hall–Kier alpha value is -1.53. The molecule has 1 heterocycles. The monoisotopic (exact) mass is 295 g/mol. The molecule has 1 fully saturated rings. The Morgan fingerprint density at radius 3 is 2.45 bits per heavy atom. The molecule has 1 atom stereocenters. The topological polar surface area (TPSA) is 49.6 Å². The van der Waals surface area contributed by atoms with Gasteiger partial charge in [0.2, 0.25) is 0 Å². The van der Waals surface area contributed by atoms with Gasteiger partial charge in [-0.25, -0.2) is 4.39 Å². The van der Waals surface area contributed by atoms with Crippen molar-refractivity contribution in [2.75, 3.05) is 26.2 Å². The van der Waals surface area contributed by atoms with E-state index in [1.165, 1.54) is 12.1 Å². The largest absolute Gasteiger partial charge is 0.392 e. The van der Waals surface area contributed by atoms with Gasteiger partial charge in [-0.05, 0) is 19.1 Å². The van der Waals surface area contributed by atoms with Gasteiger partial charge in [-0.15, -0.1) is 0 Å². The fourth-order valence-electron chi connectivity index (χ4n) is 2.30. The second kappa shape index (κ2) is 6.28. The highest BCUT2D eigenvalue weighted by atomic mass is 32.1. The second-order valence-corrected chi connectivity index (χ2v) is 5.36. The first-order valence-electron chi connectivity index (χ1n) is 6.58. The average Bonchev–Trinajstić information content (AvgIpc) is 2.46. The van der Waals surface area contributed by atoms with E-state index < -0.39 is 5.82 Å². The number of hydrogen-bond donors (Lipinski definition) is 1. The van der Waals surface area contributed by atoms with Gasteiger partial charge in [-0.2, -0.15) is 0 Å². The number of rotatable bonds is 3. The van der Waals surface area contributed by atoms with E-state index in [0.29, 0.717) is 31.2 Å². The van der Waals surface area contributed by atoms with Crippen molar-refractivity contribution < 1.29 is 9.18 Å². The number of nitrogens with zero attached hydrogens (tertiary/aromatic N) is 2. The quantitative estimate of drug-likeness (QED) is 0.853. The highest BCUT2D eigenvalue weighted by Gasteiger charge is 2.26. The van der Waals surface area contributed by atoms with Gasteiger partial charge in [0.1, 0.15) is 5.82 Å². The molecule has 1 aromatic carbocycles. The molecule has 2 N–H and O–H groups in total. The normalized spacial score (nSPS) is 17.8. The number of carbonyl (C=O) groups excluding carboxylic acids is 1. The third kappa shape index (κ3) is 3.13. The summed E-state index contributed by atoms with van der Waals surface area (Å²) in [6.45, 7) is 4.45. The summed E-state index contributed by atoms with van der Waals surface area (Å²) < 4.78 is 13.6. The van der Waals surface area contributed by atoms with Crippen LogP contribution in [0.1, 0.15) is 17.3 Å². The molecule has 2 rings (SSSR count). The molecule has 0 bridgehead atoms. The van der Waals surface area contributed by atoms with Crippen LogP contribution >= 0.6 is 12.2 Å². The molecule has 1 aromatic rings. The van der Waals surface area contributed by atoms with Gasteiger partial charge in [-0.1, -0.05) is 24.4 Å². The molecule has 6 heteroatoms. The highest BCUT2D eigenvalue weighted by molar-refractivity contribution is 7.80. The minimum absolute atomic E-state index is 0.0238. The Balaban J connectivity index is 1.99. The number of halogens is 1. The maximum Gasteiger partial charge on any atom is 0.256 e. The minimum atomic E-state index is -0.476. The summed E-state index contributed by atoms with van der Waals surface area (Å²) in [6.07, 6.45) is 0. The van der Waals surface area contributed by atoms with Gasteiger partial charge in [0.05, 0.1) is 16.6 Å². The molecule has 4 nitrogen and oxygen atoms in total. The maximum absolute atomic E-state index is 13.6. The first-order valence-corrected chi connectivity index (χ1v) is 6.98. The third-order valence-electron chi connectivity index (χ3n) is 3.67. The Morgan fingerprint density at radius 2 is 1.90 bits per heavy atom. The fourth-order valence-corrected chi connectivity index (χ4v) is 2.45. The van der Waals surface area contributed by atoms with Crippen molar-refractivity contribution in [2.24, 2.45) is 5.73 Å². The second-order valence-electron chi connectivity index (χ2n) is 4.89. The van der Waals surface area contributed by atoms with E-state index in [0.717, 1.165) is 0 Å². The van der Waals surface area contributed by atoms with Crippen molar-refractivity contribution in [1.29, 1.82) is 0 Å². The van der Waals surface area contributed by atoms with Crippen LogP contribution in [0.4, 0.5) is 4.39 Å². The molecular weight excluding hydrogens is 277 g/mol. The summed E-state index contributed by atoms with van der Waals surface area (Å²) in [5.41, 5.74) is 5.76. The van der Waals surface area contributed by atoms with Gasteiger partial charge < -0.3 is 10.6 Å². The summed E-state index contributed by atoms with van der Waals surface area (Å²) in [6, 6.07) is 6.09.